The minimum atomic E-state index is -2.65. The number of rotatable bonds is 5. The standard InChI is InChI=1S/C11H14F3NO/c1-3-15-10(11(13)14)8-5-4-7(16-2)6-9(8)12/h4-6,10-11,15H,3H2,1-2H3. The van der Waals surface area contributed by atoms with Gasteiger partial charge in [-0.25, -0.2) is 13.2 Å². The van der Waals surface area contributed by atoms with E-state index < -0.39 is 18.3 Å². The molecule has 0 amide bonds. The van der Waals surface area contributed by atoms with Crippen LogP contribution in [0.3, 0.4) is 0 Å². The molecule has 0 saturated carbocycles. The molecule has 0 radical (unpaired) electrons. The molecule has 0 aliphatic heterocycles. The number of nitrogens with one attached hydrogen (secondary N) is 1. The van der Waals surface area contributed by atoms with E-state index in [0.29, 0.717) is 12.3 Å². The quantitative estimate of drug-likeness (QED) is 0.844. The normalized spacial score (nSPS) is 12.9. The molecular formula is C11H14F3NO. The highest BCUT2D eigenvalue weighted by atomic mass is 19.3. The molecule has 0 spiro atoms. The molecule has 0 bridgehead atoms. The van der Waals surface area contributed by atoms with Gasteiger partial charge in [-0.3, -0.25) is 0 Å². The molecule has 0 aromatic heterocycles. The molecule has 0 heterocycles. The van der Waals surface area contributed by atoms with Crippen LogP contribution in [0.2, 0.25) is 0 Å². The lowest BCUT2D eigenvalue weighted by Crippen LogP contribution is -2.27. The van der Waals surface area contributed by atoms with E-state index in [1.807, 2.05) is 0 Å². The second-order valence-electron chi connectivity index (χ2n) is 3.26. The van der Waals surface area contributed by atoms with Gasteiger partial charge >= 0.3 is 0 Å². The molecule has 1 N–H and O–H groups in total. The molecule has 5 heteroatoms. The van der Waals surface area contributed by atoms with Crippen molar-refractivity contribution in [3.8, 4) is 5.75 Å². The number of hydrogen-bond donors (Lipinski definition) is 1. The van der Waals surface area contributed by atoms with Crippen LogP contribution in [0.4, 0.5) is 13.2 Å². The lowest BCUT2D eigenvalue weighted by atomic mass is 10.1. The largest absolute Gasteiger partial charge is 0.497 e. The third-order valence-electron chi connectivity index (χ3n) is 2.22. The van der Waals surface area contributed by atoms with Gasteiger partial charge in [-0.2, -0.15) is 0 Å². The minimum absolute atomic E-state index is 0.0438. The van der Waals surface area contributed by atoms with Crippen molar-refractivity contribution >= 4 is 0 Å². The Labute approximate surface area is 92.4 Å². The molecule has 2 nitrogen and oxygen atoms in total. The fraction of sp³-hybridized carbons (Fsp3) is 0.455. The Kier molecular flexibility index (Phi) is 4.61. The lowest BCUT2D eigenvalue weighted by Gasteiger charge is -2.18. The topological polar surface area (TPSA) is 21.3 Å². The molecular weight excluding hydrogens is 219 g/mol. The Bertz CT molecular complexity index is 344. The number of hydrogen-bond acceptors (Lipinski definition) is 2. The van der Waals surface area contributed by atoms with E-state index in [0.717, 1.165) is 6.07 Å². The second kappa shape index (κ2) is 5.75. The van der Waals surface area contributed by atoms with Crippen LogP contribution in [0.25, 0.3) is 0 Å². The molecule has 1 aromatic rings. The van der Waals surface area contributed by atoms with Crippen LogP contribution in [-0.2, 0) is 0 Å². The van der Waals surface area contributed by atoms with E-state index in [1.54, 1.807) is 6.92 Å². The van der Waals surface area contributed by atoms with E-state index in [-0.39, 0.29) is 5.56 Å². The zero-order valence-electron chi connectivity index (χ0n) is 9.14. The monoisotopic (exact) mass is 233 g/mol. The smallest absolute Gasteiger partial charge is 0.257 e. The summed E-state index contributed by atoms with van der Waals surface area (Å²) in [4.78, 5) is 0. The van der Waals surface area contributed by atoms with E-state index in [9.17, 15) is 13.2 Å². The van der Waals surface area contributed by atoms with Crippen molar-refractivity contribution < 1.29 is 17.9 Å². The van der Waals surface area contributed by atoms with Crippen LogP contribution in [-0.4, -0.2) is 20.1 Å². The maximum atomic E-state index is 13.5. The minimum Gasteiger partial charge on any atom is -0.497 e. The molecule has 1 rings (SSSR count). The Hall–Kier alpha value is -1.23. The van der Waals surface area contributed by atoms with Crippen molar-refractivity contribution in [2.75, 3.05) is 13.7 Å². The summed E-state index contributed by atoms with van der Waals surface area (Å²) < 4.78 is 43.7. The highest BCUT2D eigenvalue weighted by molar-refractivity contribution is 5.31. The fourth-order valence-electron chi connectivity index (χ4n) is 1.44. The van der Waals surface area contributed by atoms with E-state index in [2.05, 4.69) is 5.32 Å². The Morgan fingerprint density at radius 3 is 2.50 bits per heavy atom. The van der Waals surface area contributed by atoms with Gasteiger partial charge in [0.1, 0.15) is 11.6 Å². The van der Waals surface area contributed by atoms with Crippen molar-refractivity contribution in [2.45, 2.75) is 19.4 Å². The van der Waals surface area contributed by atoms with Crippen molar-refractivity contribution in [1.82, 2.24) is 5.32 Å². The molecule has 0 fully saturated rings. The highest BCUT2D eigenvalue weighted by Crippen LogP contribution is 2.26. The summed E-state index contributed by atoms with van der Waals surface area (Å²) in [6, 6.07) is 2.59. The second-order valence-corrected chi connectivity index (χ2v) is 3.26. The summed E-state index contributed by atoms with van der Waals surface area (Å²) in [5.41, 5.74) is -0.0438. The van der Waals surface area contributed by atoms with Crippen LogP contribution in [0.1, 0.15) is 18.5 Å². The average Bonchev–Trinajstić information content (AvgIpc) is 2.26. The number of methoxy groups -OCH3 is 1. The van der Waals surface area contributed by atoms with Crippen LogP contribution in [0.5, 0.6) is 5.75 Å². The first-order valence-electron chi connectivity index (χ1n) is 4.95. The van der Waals surface area contributed by atoms with E-state index in [4.69, 9.17) is 4.74 Å². The number of benzene rings is 1. The van der Waals surface area contributed by atoms with Gasteiger partial charge in [0.25, 0.3) is 6.43 Å². The van der Waals surface area contributed by atoms with Crippen LogP contribution >= 0.6 is 0 Å². The molecule has 0 saturated heterocycles. The predicted octanol–water partition coefficient (Wildman–Crippen LogP) is 2.75. The predicted molar refractivity (Wildman–Crippen MR) is 55.4 cm³/mol. The molecule has 1 atom stereocenters. The SMILES string of the molecule is CCNC(c1ccc(OC)cc1F)C(F)F. The number of halogens is 3. The summed E-state index contributed by atoms with van der Waals surface area (Å²) in [6.07, 6.45) is -2.65. The van der Waals surface area contributed by atoms with Crippen LogP contribution in [0.15, 0.2) is 18.2 Å². The van der Waals surface area contributed by atoms with Crippen LogP contribution < -0.4 is 10.1 Å². The average molecular weight is 233 g/mol. The first-order chi connectivity index (χ1) is 7.60. The summed E-state index contributed by atoms with van der Waals surface area (Å²) >= 11 is 0. The highest BCUT2D eigenvalue weighted by Gasteiger charge is 2.24. The van der Waals surface area contributed by atoms with Crippen molar-refractivity contribution in [3.63, 3.8) is 0 Å². The number of alkyl halides is 2. The third-order valence-corrected chi connectivity index (χ3v) is 2.22. The van der Waals surface area contributed by atoms with Crippen molar-refractivity contribution in [3.05, 3.63) is 29.6 Å². The van der Waals surface area contributed by atoms with Crippen LogP contribution in [0, 0.1) is 5.82 Å². The van der Waals surface area contributed by atoms with Gasteiger partial charge < -0.3 is 10.1 Å². The van der Waals surface area contributed by atoms with Gasteiger partial charge in [-0.1, -0.05) is 13.0 Å². The molecule has 90 valence electrons. The molecule has 1 unspecified atom stereocenters. The maximum Gasteiger partial charge on any atom is 0.257 e. The zero-order chi connectivity index (χ0) is 12.1. The molecule has 1 aromatic carbocycles. The fourth-order valence-corrected chi connectivity index (χ4v) is 1.44. The summed E-state index contributed by atoms with van der Waals surface area (Å²) in [5, 5.41) is 2.55. The van der Waals surface area contributed by atoms with Gasteiger partial charge in [-0.15, -0.1) is 0 Å². The van der Waals surface area contributed by atoms with E-state index >= 15 is 0 Å². The summed E-state index contributed by atoms with van der Waals surface area (Å²) in [5.74, 6) is -0.378. The van der Waals surface area contributed by atoms with Gasteiger partial charge in [0, 0.05) is 11.6 Å². The zero-order valence-corrected chi connectivity index (χ0v) is 9.14. The van der Waals surface area contributed by atoms with Gasteiger partial charge in [-0.05, 0) is 12.6 Å². The Morgan fingerprint density at radius 2 is 2.06 bits per heavy atom. The number of ether oxygens (including phenoxy) is 1. The molecule has 16 heavy (non-hydrogen) atoms. The maximum absolute atomic E-state index is 13.5. The lowest BCUT2D eigenvalue weighted by molar-refractivity contribution is 0.0975. The first-order valence-corrected chi connectivity index (χ1v) is 4.95. The van der Waals surface area contributed by atoms with Crippen molar-refractivity contribution in [2.24, 2.45) is 0 Å². The van der Waals surface area contributed by atoms with Gasteiger partial charge in [0.15, 0.2) is 0 Å². The van der Waals surface area contributed by atoms with Gasteiger partial charge in [0.2, 0.25) is 0 Å². The summed E-state index contributed by atoms with van der Waals surface area (Å²) in [7, 11) is 1.39. The Morgan fingerprint density at radius 1 is 1.38 bits per heavy atom. The summed E-state index contributed by atoms with van der Waals surface area (Å²) in [6.45, 7) is 2.04. The van der Waals surface area contributed by atoms with E-state index in [1.165, 1.54) is 19.2 Å². The molecule has 0 aliphatic rings. The van der Waals surface area contributed by atoms with Gasteiger partial charge in [0.05, 0.1) is 13.2 Å². The molecule has 0 aliphatic carbocycles. The Balaban J connectivity index is 3.00. The van der Waals surface area contributed by atoms with Crippen molar-refractivity contribution in [1.29, 1.82) is 0 Å². The first kappa shape index (κ1) is 12.8. The third kappa shape index (κ3) is 2.88.